The minimum absolute atomic E-state index is 0.0397. The van der Waals surface area contributed by atoms with Crippen LogP contribution in [0.1, 0.15) is 24.2 Å². The molecule has 1 unspecified atom stereocenters. The third kappa shape index (κ3) is 3.86. The van der Waals surface area contributed by atoms with E-state index in [4.69, 9.17) is 4.74 Å². The van der Waals surface area contributed by atoms with Crippen molar-refractivity contribution in [1.29, 1.82) is 0 Å². The van der Waals surface area contributed by atoms with Crippen molar-refractivity contribution in [3.63, 3.8) is 0 Å². The summed E-state index contributed by atoms with van der Waals surface area (Å²) in [6, 6.07) is 6.18. The minimum atomic E-state index is -1.14. The molecule has 0 amide bonds. The summed E-state index contributed by atoms with van der Waals surface area (Å²) in [6.45, 7) is 1.38. The van der Waals surface area contributed by atoms with Crippen LogP contribution in [0.15, 0.2) is 42.5 Å². The minimum Gasteiger partial charge on any atom is -0.494 e. The van der Waals surface area contributed by atoms with Crippen LogP contribution in [0.4, 0.5) is 10.5 Å². The molecule has 1 aliphatic carbocycles. The molecule has 1 atom stereocenters. The van der Waals surface area contributed by atoms with Gasteiger partial charge in [0.15, 0.2) is 11.6 Å². The number of allylic oxidation sites excluding steroid dienone is 2. The number of ether oxygens (including phenoxy) is 1. The summed E-state index contributed by atoms with van der Waals surface area (Å²) in [7, 11) is 0. The van der Waals surface area contributed by atoms with Crippen LogP contribution in [0.3, 0.4) is 0 Å². The average Bonchev–Trinajstić information content (AvgIpc) is 3.16. The van der Waals surface area contributed by atoms with Gasteiger partial charge in [-0.05, 0) is 37.1 Å². The van der Waals surface area contributed by atoms with Crippen molar-refractivity contribution in [2.75, 3.05) is 0 Å². The SMILES string of the molecule is CC(OC(=O)n1c(O)ccc1O)c1cc(CC2C(=O)C=CC2=O)ccc1[N+](=O)[O-]. The third-order valence-electron chi connectivity index (χ3n) is 4.57. The molecular formula is C19H16N2O8. The van der Waals surface area contributed by atoms with Gasteiger partial charge in [-0.25, -0.2) is 4.79 Å². The first kappa shape index (κ1) is 19.8. The summed E-state index contributed by atoms with van der Waals surface area (Å²) in [5, 5.41) is 30.6. The summed E-state index contributed by atoms with van der Waals surface area (Å²) in [4.78, 5) is 46.5. The fourth-order valence-electron chi connectivity index (χ4n) is 3.07. The van der Waals surface area contributed by atoms with E-state index < -0.39 is 34.8 Å². The number of nitrogens with zero attached hydrogens (tertiary/aromatic N) is 2. The average molecular weight is 400 g/mol. The molecule has 1 heterocycles. The maximum atomic E-state index is 12.2. The molecule has 1 aliphatic rings. The van der Waals surface area contributed by atoms with Crippen molar-refractivity contribution in [1.82, 2.24) is 4.57 Å². The summed E-state index contributed by atoms with van der Waals surface area (Å²) in [6.07, 6.45) is 0.175. The third-order valence-corrected chi connectivity index (χ3v) is 4.57. The number of aromatic nitrogens is 1. The molecule has 1 aromatic heterocycles. The molecule has 0 saturated carbocycles. The van der Waals surface area contributed by atoms with Crippen molar-refractivity contribution >= 4 is 23.3 Å². The van der Waals surface area contributed by atoms with Gasteiger partial charge in [0, 0.05) is 18.2 Å². The molecule has 29 heavy (non-hydrogen) atoms. The predicted molar refractivity (Wildman–Crippen MR) is 97.5 cm³/mol. The Labute approximate surface area is 163 Å². The summed E-state index contributed by atoms with van der Waals surface area (Å²) >= 11 is 0. The Morgan fingerprint density at radius 2 is 1.76 bits per heavy atom. The lowest BCUT2D eigenvalue weighted by Gasteiger charge is -2.16. The highest BCUT2D eigenvalue weighted by Gasteiger charge is 2.30. The van der Waals surface area contributed by atoms with E-state index in [-0.39, 0.29) is 29.2 Å². The van der Waals surface area contributed by atoms with Gasteiger partial charge in [-0.1, -0.05) is 6.07 Å². The highest BCUT2D eigenvalue weighted by atomic mass is 16.6. The van der Waals surface area contributed by atoms with E-state index in [2.05, 4.69) is 0 Å². The summed E-state index contributed by atoms with van der Waals surface area (Å²) < 4.78 is 5.65. The number of nitro benzene ring substituents is 1. The number of nitro groups is 1. The number of carbonyl (C=O) groups excluding carboxylic acids is 3. The molecule has 1 aromatic carbocycles. The zero-order valence-electron chi connectivity index (χ0n) is 15.1. The molecule has 2 aromatic rings. The van der Waals surface area contributed by atoms with E-state index >= 15 is 0 Å². The van der Waals surface area contributed by atoms with Gasteiger partial charge in [-0.15, -0.1) is 0 Å². The number of ketones is 2. The lowest BCUT2D eigenvalue weighted by molar-refractivity contribution is -0.386. The predicted octanol–water partition coefficient (Wildman–Crippen LogP) is 2.42. The van der Waals surface area contributed by atoms with Gasteiger partial charge in [0.2, 0.25) is 11.8 Å². The maximum absolute atomic E-state index is 12.2. The molecule has 0 radical (unpaired) electrons. The molecule has 0 spiro atoms. The topological polar surface area (TPSA) is 149 Å². The fraction of sp³-hybridized carbons (Fsp3) is 0.211. The highest BCUT2D eigenvalue weighted by molar-refractivity contribution is 6.18. The van der Waals surface area contributed by atoms with Crippen LogP contribution < -0.4 is 0 Å². The largest absolute Gasteiger partial charge is 0.494 e. The molecule has 150 valence electrons. The van der Waals surface area contributed by atoms with E-state index in [9.17, 15) is 34.7 Å². The van der Waals surface area contributed by atoms with Gasteiger partial charge in [-0.2, -0.15) is 4.57 Å². The molecule has 2 N–H and O–H groups in total. The highest BCUT2D eigenvalue weighted by Crippen LogP contribution is 2.31. The number of rotatable bonds is 5. The number of aromatic hydroxyl groups is 2. The van der Waals surface area contributed by atoms with Crippen molar-refractivity contribution in [2.45, 2.75) is 19.4 Å². The van der Waals surface area contributed by atoms with Crippen molar-refractivity contribution in [3.8, 4) is 11.8 Å². The van der Waals surface area contributed by atoms with E-state index in [1.54, 1.807) is 0 Å². The number of hydrogen-bond acceptors (Lipinski definition) is 8. The van der Waals surface area contributed by atoms with Crippen LogP contribution in [-0.2, 0) is 20.7 Å². The second kappa shape index (κ2) is 7.58. The smallest absolute Gasteiger partial charge is 0.424 e. The second-order valence-electron chi connectivity index (χ2n) is 6.46. The van der Waals surface area contributed by atoms with Crippen LogP contribution in [0.2, 0.25) is 0 Å². The van der Waals surface area contributed by atoms with Crippen molar-refractivity contribution < 1.29 is 34.3 Å². The monoisotopic (exact) mass is 400 g/mol. The molecular weight excluding hydrogens is 384 g/mol. The van der Waals surface area contributed by atoms with Gasteiger partial charge < -0.3 is 14.9 Å². The molecule has 0 fully saturated rings. The molecule has 10 nitrogen and oxygen atoms in total. The van der Waals surface area contributed by atoms with Gasteiger partial charge >= 0.3 is 6.09 Å². The Kier molecular flexibility index (Phi) is 5.18. The molecule has 0 bridgehead atoms. The van der Waals surface area contributed by atoms with Gasteiger partial charge in [0.25, 0.3) is 5.69 Å². The van der Waals surface area contributed by atoms with Gasteiger partial charge in [0.1, 0.15) is 6.10 Å². The quantitative estimate of drug-likeness (QED) is 0.441. The Bertz CT molecular complexity index is 1010. The van der Waals surface area contributed by atoms with E-state index in [1.807, 2.05) is 0 Å². The van der Waals surface area contributed by atoms with Crippen LogP contribution >= 0.6 is 0 Å². The first-order valence-electron chi connectivity index (χ1n) is 8.52. The number of hydrogen-bond donors (Lipinski definition) is 2. The van der Waals surface area contributed by atoms with Crippen molar-refractivity contribution in [2.24, 2.45) is 5.92 Å². The maximum Gasteiger partial charge on any atom is 0.424 e. The molecule has 10 heteroatoms. The Morgan fingerprint density at radius 3 is 2.31 bits per heavy atom. The first-order chi connectivity index (χ1) is 13.7. The van der Waals surface area contributed by atoms with Crippen LogP contribution in [0.5, 0.6) is 11.8 Å². The van der Waals surface area contributed by atoms with Gasteiger partial charge in [0.05, 0.1) is 16.4 Å². The van der Waals surface area contributed by atoms with Gasteiger partial charge in [-0.3, -0.25) is 19.7 Å². The zero-order valence-corrected chi connectivity index (χ0v) is 15.1. The molecule has 0 saturated heterocycles. The van der Waals surface area contributed by atoms with Crippen LogP contribution in [-0.4, -0.2) is 37.4 Å². The summed E-state index contributed by atoms with van der Waals surface area (Å²) in [5.74, 6) is -2.68. The Hall–Kier alpha value is -3.95. The van der Waals surface area contributed by atoms with Crippen LogP contribution in [0, 0.1) is 16.0 Å². The normalized spacial score (nSPS) is 14.9. The number of benzene rings is 1. The molecule has 3 rings (SSSR count). The van der Waals surface area contributed by atoms with Crippen LogP contribution in [0.25, 0.3) is 0 Å². The summed E-state index contributed by atoms with van der Waals surface area (Å²) in [5.41, 5.74) is 0.200. The Balaban J connectivity index is 1.87. The fourth-order valence-corrected chi connectivity index (χ4v) is 3.07. The van der Waals surface area contributed by atoms with E-state index in [1.165, 1.54) is 37.3 Å². The lowest BCUT2D eigenvalue weighted by Crippen LogP contribution is -2.19. The molecule has 0 aliphatic heterocycles. The number of carbonyl (C=O) groups is 3. The van der Waals surface area contributed by atoms with E-state index in [0.29, 0.717) is 10.1 Å². The first-order valence-corrected chi connectivity index (χ1v) is 8.52. The second-order valence-corrected chi connectivity index (χ2v) is 6.46. The van der Waals surface area contributed by atoms with Crippen molar-refractivity contribution in [3.05, 3.63) is 63.7 Å². The lowest BCUT2D eigenvalue weighted by atomic mass is 9.93. The zero-order chi connectivity index (χ0) is 21.3. The standard InChI is InChI=1S/C19H16N2O8/c1-10(29-19(26)20-17(24)6-7-18(20)25)12-8-11(2-3-14(12)21(27)28)9-13-15(22)4-5-16(13)23/h2-8,10,13,24-25H,9H2,1H3. The van der Waals surface area contributed by atoms with E-state index in [0.717, 1.165) is 12.1 Å². The Morgan fingerprint density at radius 1 is 1.17 bits per heavy atom.